The summed E-state index contributed by atoms with van der Waals surface area (Å²) < 4.78 is 8.42. The normalized spacial score (nSPS) is 11.2. The van der Waals surface area contributed by atoms with E-state index in [1.807, 2.05) is 0 Å². The van der Waals surface area contributed by atoms with E-state index in [1.165, 1.54) is 10.9 Å². The molecular weight excluding hydrogens is 78.1 g/mol. The van der Waals surface area contributed by atoms with Crippen molar-refractivity contribution in [3.8, 4) is 0 Å². The van der Waals surface area contributed by atoms with Crippen molar-refractivity contribution in [2.75, 3.05) is 0 Å². The summed E-state index contributed by atoms with van der Waals surface area (Å²) in [5.74, 6) is 0. The molecule has 0 amide bonds. The third kappa shape index (κ3) is 0.381. The number of aryl methyl sites for hydroxylation is 1. The minimum Gasteiger partial charge on any atom is -0.323 e. The van der Waals surface area contributed by atoms with Gasteiger partial charge in [0.1, 0.15) is 14.0 Å². The quantitative estimate of drug-likeness (QED) is 0.436. The lowest BCUT2D eigenvalue weighted by Gasteiger charge is -1.74. The van der Waals surface area contributed by atoms with Crippen molar-refractivity contribution in [1.29, 1.82) is 0 Å². The molecule has 0 saturated carbocycles. The molecule has 1 aromatic heterocycles. The summed E-state index contributed by atoms with van der Waals surface area (Å²) >= 11 is 0. The Morgan fingerprint density at radius 3 is 2.83 bits per heavy atom. The molecule has 1 aromatic rings. The predicted octanol–water partition coefficient (Wildman–Crippen LogP) is -0.185. The van der Waals surface area contributed by atoms with E-state index >= 15 is 0 Å². The van der Waals surface area contributed by atoms with Gasteiger partial charge in [0.05, 0.1) is 0 Å². The maximum Gasteiger partial charge on any atom is 0.119 e. The second kappa shape index (κ2) is 1.08. The summed E-state index contributed by atoms with van der Waals surface area (Å²) in [6, 6.07) is 0. The molecule has 0 aliphatic rings. The van der Waals surface area contributed by atoms with Crippen LogP contribution in [0, 0.1) is 0 Å². The van der Waals surface area contributed by atoms with Gasteiger partial charge < -0.3 is 4.57 Å². The summed E-state index contributed by atoms with van der Waals surface area (Å²) in [4.78, 5) is 0. The summed E-state index contributed by atoms with van der Waals surface area (Å²) in [5.41, 5.74) is 0. The molecule has 0 aliphatic carbocycles. The molecule has 0 aliphatic heterocycles. The highest BCUT2D eigenvalue weighted by atomic mass is 15.2. The van der Waals surface area contributed by atoms with Crippen molar-refractivity contribution in [3.05, 3.63) is 12.6 Å². The van der Waals surface area contributed by atoms with E-state index in [4.69, 9.17) is 1.37 Å². The molecule has 32 valence electrons. The van der Waals surface area contributed by atoms with Crippen molar-refractivity contribution in [2.45, 2.75) is 0 Å². The lowest BCUT2D eigenvalue weighted by molar-refractivity contribution is 0.910. The molecule has 1 rings (SSSR count). The lowest BCUT2D eigenvalue weighted by atomic mass is 11.1. The SMILES string of the molecule is [2H]c1nncn1C. The molecule has 0 bridgehead atoms. The smallest absolute Gasteiger partial charge is 0.119 e. The van der Waals surface area contributed by atoms with Crippen molar-refractivity contribution < 1.29 is 1.37 Å². The van der Waals surface area contributed by atoms with E-state index in [2.05, 4.69) is 10.2 Å². The van der Waals surface area contributed by atoms with Gasteiger partial charge in [0.25, 0.3) is 0 Å². The van der Waals surface area contributed by atoms with E-state index in [9.17, 15) is 0 Å². The Labute approximate surface area is 37.0 Å². The van der Waals surface area contributed by atoms with Gasteiger partial charge in [-0.2, -0.15) is 0 Å². The first-order chi connectivity index (χ1) is 3.30. The molecule has 0 saturated heterocycles. The summed E-state index contributed by atoms with van der Waals surface area (Å²) in [7, 11) is 1.72. The zero-order valence-electron chi connectivity index (χ0n) is 4.42. The van der Waals surface area contributed by atoms with E-state index in [1.54, 1.807) is 7.05 Å². The van der Waals surface area contributed by atoms with Gasteiger partial charge in [-0.05, 0) is 0 Å². The molecule has 0 aromatic carbocycles. The average Bonchev–Trinajstić information content (AvgIpc) is 1.91. The van der Waals surface area contributed by atoms with Crippen LogP contribution in [0.3, 0.4) is 0 Å². The minimum absolute atomic E-state index is 0.194. The van der Waals surface area contributed by atoms with Crippen LogP contribution in [0.15, 0.2) is 12.6 Å². The third-order valence-corrected chi connectivity index (χ3v) is 0.485. The maximum atomic E-state index is 6.89. The lowest BCUT2D eigenvalue weighted by Crippen LogP contribution is -1.76. The standard InChI is InChI=1S/C3H5N3/c1-6-2-4-5-3-6/h2-3H,1H3/i2D. The third-order valence-electron chi connectivity index (χ3n) is 0.485. The molecular formula is C3H5N3. The van der Waals surface area contributed by atoms with Gasteiger partial charge in [-0.25, -0.2) is 0 Å². The molecule has 1 heterocycles. The molecule has 6 heavy (non-hydrogen) atoms. The van der Waals surface area contributed by atoms with Crippen LogP contribution in [0.4, 0.5) is 0 Å². The van der Waals surface area contributed by atoms with Crippen molar-refractivity contribution in [2.24, 2.45) is 7.05 Å². The zero-order chi connectivity index (χ0) is 5.28. The number of rotatable bonds is 0. The molecule has 0 fully saturated rings. The molecule has 0 unspecified atom stereocenters. The molecule has 3 heteroatoms. The Hall–Kier alpha value is -0.860. The van der Waals surface area contributed by atoms with E-state index < -0.39 is 0 Å². The van der Waals surface area contributed by atoms with Crippen LogP contribution in [0.2, 0.25) is 0 Å². The highest BCUT2D eigenvalue weighted by Gasteiger charge is 1.70. The summed E-state index contributed by atoms with van der Waals surface area (Å²) in [6.45, 7) is 0. The highest BCUT2D eigenvalue weighted by Crippen LogP contribution is 1.66. The zero-order valence-corrected chi connectivity index (χ0v) is 3.42. The Morgan fingerprint density at radius 1 is 1.83 bits per heavy atom. The fourth-order valence-corrected chi connectivity index (χ4v) is 0.225. The topological polar surface area (TPSA) is 30.7 Å². The molecule has 0 spiro atoms. The fraction of sp³-hybridized carbons (Fsp3) is 0.333. The number of nitrogens with zero attached hydrogens (tertiary/aromatic N) is 3. The van der Waals surface area contributed by atoms with Crippen LogP contribution in [0.25, 0.3) is 0 Å². The van der Waals surface area contributed by atoms with Gasteiger partial charge in [-0.15, -0.1) is 10.2 Å². The van der Waals surface area contributed by atoms with Crippen LogP contribution in [0.5, 0.6) is 0 Å². The van der Waals surface area contributed by atoms with Gasteiger partial charge >= 0.3 is 0 Å². The largest absolute Gasteiger partial charge is 0.323 e. The number of aromatic nitrogens is 3. The minimum atomic E-state index is 0.194. The van der Waals surface area contributed by atoms with Crippen LogP contribution >= 0.6 is 0 Å². The van der Waals surface area contributed by atoms with Crippen LogP contribution in [-0.2, 0) is 7.05 Å². The first-order valence-electron chi connectivity index (χ1n) is 2.11. The maximum absolute atomic E-state index is 6.89. The molecule has 0 atom stereocenters. The van der Waals surface area contributed by atoms with Crippen LogP contribution in [-0.4, -0.2) is 14.8 Å². The summed E-state index contributed by atoms with van der Waals surface area (Å²) in [5, 5.41) is 6.84. The molecule has 3 nitrogen and oxygen atoms in total. The molecule has 0 radical (unpaired) electrons. The monoisotopic (exact) mass is 84.1 g/mol. The Bertz CT molecular complexity index is 142. The Morgan fingerprint density at radius 2 is 2.67 bits per heavy atom. The average molecular weight is 84.1 g/mol. The first-order valence-corrected chi connectivity index (χ1v) is 1.61. The number of hydrogen-bond acceptors (Lipinski definition) is 2. The summed E-state index contributed by atoms with van der Waals surface area (Å²) in [6.07, 6.45) is 1.68. The second-order valence-electron chi connectivity index (χ2n) is 1.04. The van der Waals surface area contributed by atoms with Crippen LogP contribution < -0.4 is 0 Å². The van der Waals surface area contributed by atoms with E-state index in [0.717, 1.165) is 0 Å². The van der Waals surface area contributed by atoms with Gasteiger partial charge in [-0.1, -0.05) is 0 Å². The van der Waals surface area contributed by atoms with Crippen molar-refractivity contribution in [1.82, 2.24) is 14.8 Å². The van der Waals surface area contributed by atoms with Gasteiger partial charge in [0, 0.05) is 7.05 Å². The van der Waals surface area contributed by atoms with Crippen molar-refractivity contribution in [3.63, 3.8) is 0 Å². The van der Waals surface area contributed by atoms with Gasteiger partial charge in [0.2, 0.25) is 0 Å². The van der Waals surface area contributed by atoms with E-state index in [0.29, 0.717) is 0 Å². The number of hydrogen-bond donors (Lipinski definition) is 0. The Kier molecular flexibility index (Phi) is 0.422. The van der Waals surface area contributed by atoms with E-state index in [-0.39, 0.29) is 6.30 Å². The fourth-order valence-electron chi connectivity index (χ4n) is 0.225. The van der Waals surface area contributed by atoms with Crippen LogP contribution in [0.1, 0.15) is 1.37 Å². The van der Waals surface area contributed by atoms with Crippen molar-refractivity contribution >= 4 is 0 Å². The van der Waals surface area contributed by atoms with Gasteiger partial charge in [-0.3, -0.25) is 0 Å². The highest BCUT2D eigenvalue weighted by molar-refractivity contribution is 4.52. The molecule has 0 N–H and O–H groups in total. The predicted molar refractivity (Wildman–Crippen MR) is 21.0 cm³/mol. The Balaban J connectivity index is 3.12. The van der Waals surface area contributed by atoms with Gasteiger partial charge in [0.15, 0.2) is 0 Å². The second-order valence-corrected chi connectivity index (χ2v) is 1.04. The first kappa shape index (κ1) is 2.34.